The Hall–Kier alpha value is -2.91. The summed E-state index contributed by atoms with van der Waals surface area (Å²) in [6.07, 6.45) is 3.73. The van der Waals surface area contributed by atoms with Gasteiger partial charge in [0.1, 0.15) is 11.3 Å². The maximum atomic E-state index is 13.2. The average Bonchev–Trinajstić information content (AvgIpc) is 2.93. The van der Waals surface area contributed by atoms with Crippen LogP contribution >= 0.6 is 0 Å². The second kappa shape index (κ2) is 8.68. The molecule has 1 fully saturated rings. The Morgan fingerprint density at radius 1 is 1.10 bits per heavy atom. The van der Waals surface area contributed by atoms with Gasteiger partial charge in [0.25, 0.3) is 5.91 Å². The molecule has 0 aliphatic carbocycles. The van der Waals surface area contributed by atoms with Gasteiger partial charge in [-0.15, -0.1) is 0 Å². The van der Waals surface area contributed by atoms with Crippen LogP contribution < -0.4 is 10.1 Å². The molecule has 0 saturated carbocycles. The van der Waals surface area contributed by atoms with Crippen LogP contribution in [0.3, 0.4) is 0 Å². The number of nitrogens with one attached hydrogen (secondary N) is 1. The lowest BCUT2D eigenvalue weighted by Gasteiger charge is -2.20. The first kappa shape index (κ1) is 21.3. The molecular weight excluding hydrogens is 418 g/mol. The fraction of sp³-hybridized carbons (Fsp3) is 0.364. The van der Waals surface area contributed by atoms with Crippen molar-refractivity contribution < 1.29 is 22.4 Å². The van der Waals surface area contributed by atoms with Crippen LogP contribution in [0.1, 0.15) is 41.9 Å². The number of hydrogen-bond donors (Lipinski definition) is 1. The number of amides is 1. The maximum absolute atomic E-state index is 13.2. The standard InChI is InChI=1S/C22H25N3O5S/c1-15-23-19-13-16(7-9-21(19)30-15)24-22(26)18-14-17(8-10-20(18)29-2)31(27,28)25-11-5-3-4-6-12-25/h7-10,13-14H,3-6,11-12H2,1-2H3,(H,24,26). The molecule has 0 spiro atoms. The van der Waals surface area contributed by atoms with E-state index in [0.717, 1.165) is 25.7 Å². The minimum atomic E-state index is -3.69. The smallest absolute Gasteiger partial charge is 0.259 e. The lowest BCUT2D eigenvalue weighted by atomic mass is 10.1. The highest BCUT2D eigenvalue weighted by Gasteiger charge is 2.27. The van der Waals surface area contributed by atoms with Gasteiger partial charge in [-0.2, -0.15) is 4.31 Å². The molecule has 1 saturated heterocycles. The zero-order chi connectivity index (χ0) is 22.0. The maximum Gasteiger partial charge on any atom is 0.259 e. The van der Waals surface area contributed by atoms with Gasteiger partial charge in [0.05, 0.1) is 17.6 Å². The van der Waals surface area contributed by atoms with Crippen molar-refractivity contribution in [2.75, 3.05) is 25.5 Å². The number of hydrogen-bond acceptors (Lipinski definition) is 6. The van der Waals surface area contributed by atoms with Crippen molar-refractivity contribution in [3.05, 3.63) is 47.9 Å². The number of fused-ring (bicyclic) bond motifs is 1. The van der Waals surface area contributed by atoms with Gasteiger partial charge < -0.3 is 14.5 Å². The molecule has 4 rings (SSSR count). The van der Waals surface area contributed by atoms with Crippen LogP contribution in [0.2, 0.25) is 0 Å². The van der Waals surface area contributed by atoms with Crippen LogP contribution in [0.25, 0.3) is 11.1 Å². The number of oxazole rings is 1. The van der Waals surface area contributed by atoms with Gasteiger partial charge in [0, 0.05) is 25.7 Å². The van der Waals surface area contributed by atoms with Crippen LogP contribution in [0.5, 0.6) is 5.75 Å². The number of rotatable bonds is 5. The Labute approximate surface area is 181 Å². The number of ether oxygens (including phenoxy) is 1. The SMILES string of the molecule is COc1ccc(S(=O)(=O)N2CCCCCC2)cc1C(=O)Nc1ccc2oc(C)nc2c1. The summed E-state index contributed by atoms with van der Waals surface area (Å²) in [5.74, 6) is 0.363. The minimum absolute atomic E-state index is 0.0860. The second-order valence-electron chi connectivity index (χ2n) is 7.55. The summed E-state index contributed by atoms with van der Waals surface area (Å²) in [7, 11) is -2.25. The average molecular weight is 444 g/mol. The van der Waals surface area contributed by atoms with Crippen LogP contribution in [0.4, 0.5) is 5.69 Å². The highest BCUT2D eigenvalue weighted by Crippen LogP contribution is 2.27. The third-order valence-corrected chi connectivity index (χ3v) is 7.27. The summed E-state index contributed by atoms with van der Waals surface area (Å²) in [5, 5.41) is 2.79. The molecule has 1 aromatic heterocycles. The van der Waals surface area contributed by atoms with Gasteiger partial charge >= 0.3 is 0 Å². The summed E-state index contributed by atoms with van der Waals surface area (Å²) >= 11 is 0. The number of methoxy groups -OCH3 is 1. The minimum Gasteiger partial charge on any atom is -0.496 e. The Bertz CT molecular complexity index is 1210. The summed E-state index contributed by atoms with van der Waals surface area (Å²) in [5.41, 5.74) is 1.92. The number of sulfonamides is 1. The van der Waals surface area contributed by atoms with Crippen molar-refractivity contribution in [2.45, 2.75) is 37.5 Å². The molecule has 164 valence electrons. The predicted molar refractivity (Wildman–Crippen MR) is 117 cm³/mol. The second-order valence-corrected chi connectivity index (χ2v) is 9.49. The lowest BCUT2D eigenvalue weighted by Crippen LogP contribution is -2.32. The quantitative estimate of drug-likeness (QED) is 0.640. The van der Waals surface area contributed by atoms with Crippen molar-refractivity contribution in [2.24, 2.45) is 0 Å². The van der Waals surface area contributed by atoms with Gasteiger partial charge in [-0.25, -0.2) is 13.4 Å². The number of benzene rings is 2. The predicted octanol–water partition coefficient (Wildman–Crippen LogP) is 3.96. The van der Waals surface area contributed by atoms with E-state index in [1.807, 2.05) is 0 Å². The fourth-order valence-corrected chi connectivity index (χ4v) is 5.32. The summed E-state index contributed by atoms with van der Waals surface area (Å²) in [6.45, 7) is 2.74. The Morgan fingerprint density at radius 3 is 2.55 bits per heavy atom. The number of carbonyl (C=O) groups excluding carboxylic acids is 1. The highest BCUT2D eigenvalue weighted by atomic mass is 32.2. The van der Waals surface area contributed by atoms with Gasteiger partial charge in [-0.1, -0.05) is 12.8 Å². The van der Waals surface area contributed by atoms with Crippen LogP contribution in [-0.4, -0.2) is 43.8 Å². The largest absolute Gasteiger partial charge is 0.496 e. The Kier molecular flexibility index (Phi) is 5.97. The number of aromatic nitrogens is 1. The zero-order valence-electron chi connectivity index (χ0n) is 17.6. The van der Waals surface area contributed by atoms with Gasteiger partial charge in [0.2, 0.25) is 10.0 Å². The van der Waals surface area contributed by atoms with E-state index in [9.17, 15) is 13.2 Å². The molecule has 0 bridgehead atoms. The molecule has 8 nitrogen and oxygen atoms in total. The van der Waals surface area contributed by atoms with E-state index in [1.165, 1.54) is 29.6 Å². The van der Waals surface area contributed by atoms with Crippen molar-refractivity contribution in [1.29, 1.82) is 0 Å². The molecule has 1 aliphatic rings. The van der Waals surface area contributed by atoms with E-state index < -0.39 is 15.9 Å². The van der Waals surface area contributed by atoms with Gasteiger partial charge in [0.15, 0.2) is 11.5 Å². The summed E-state index contributed by atoms with van der Waals surface area (Å²) in [6, 6.07) is 9.52. The van der Waals surface area contributed by atoms with E-state index in [2.05, 4.69) is 10.3 Å². The topological polar surface area (TPSA) is 102 Å². The molecule has 1 amide bonds. The third-order valence-electron chi connectivity index (χ3n) is 5.37. The van der Waals surface area contributed by atoms with Crippen molar-refractivity contribution in [1.82, 2.24) is 9.29 Å². The Morgan fingerprint density at radius 2 is 1.84 bits per heavy atom. The van der Waals surface area contributed by atoms with E-state index in [4.69, 9.17) is 9.15 Å². The molecule has 9 heteroatoms. The third kappa shape index (κ3) is 4.42. The normalized spacial score (nSPS) is 15.5. The van der Waals surface area contributed by atoms with Gasteiger partial charge in [-0.05, 0) is 49.2 Å². The van der Waals surface area contributed by atoms with Crippen LogP contribution in [0, 0.1) is 6.92 Å². The Balaban J connectivity index is 1.63. The number of nitrogens with zero attached hydrogens (tertiary/aromatic N) is 2. The molecular formula is C22H25N3O5S. The van der Waals surface area contributed by atoms with Crippen molar-refractivity contribution >= 4 is 32.7 Å². The van der Waals surface area contributed by atoms with Crippen molar-refractivity contribution in [3.63, 3.8) is 0 Å². The zero-order valence-corrected chi connectivity index (χ0v) is 18.4. The molecule has 31 heavy (non-hydrogen) atoms. The number of anilines is 1. The lowest BCUT2D eigenvalue weighted by molar-refractivity contribution is 0.102. The highest BCUT2D eigenvalue weighted by molar-refractivity contribution is 7.89. The summed E-state index contributed by atoms with van der Waals surface area (Å²) in [4.78, 5) is 17.4. The molecule has 0 unspecified atom stereocenters. The van der Waals surface area contributed by atoms with E-state index in [1.54, 1.807) is 25.1 Å². The van der Waals surface area contributed by atoms with E-state index in [0.29, 0.717) is 41.5 Å². The molecule has 0 atom stereocenters. The molecule has 0 radical (unpaired) electrons. The molecule has 3 aromatic rings. The van der Waals surface area contributed by atoms with Crippen LogP contribution in [0.15, 0.2) is 45.7 Å². The van der Waals surface area contributed by atoms with Crippen LogP contribution in [-0.2, 0) is 10.0 Å². The van der Waals surface area contributed by atoms with Gasteiger partial charge in [-0.3, -0.25) is 4.79 Å². The molecule has 1 N–H and O–H groups in total. The monoisotopic (exact) mass is 443 g/mol. The first-order valence-electron chi connectivity index (χ1n) is 10.3. The molecule has 1 aliphatic heterocycles. The fourth-order valence-electron chi connectivity index (χ4n) is 3.77. The van der Waals surface area contributed by atoms with Crippen molar-refractivity contribution in [3.8, 4) is 5.75 Å². The number of aryl methyl sites for hydroxylation is 1. The van der Waals surface area contributed by atoms with E-state index >= 15 is 0 Å². The summed E-state index contributed by atoms with van der Waals surface area (Å²) < 4.78 is 38.6. The molecule has 2 heterocycles. The first-order valence-corrected chi connectivity index (χ1v) is 11.7. The first-order chi connectivity index (χ1) is 14.9. The van der Waals surface area contributed by atoms with E-state index in [-0.39, 0.29) is 10.5 Å². The molecule has 2 aromatic carbocycles. The number of carbonyl (C=O) groups is 1.